The van der Waals surface area contributed by atoms with Crippen molar-refractivity contribution >= 4 is 0 Å². The predicted molar refractivity (Wildman–Crippen MR) is 64.6 cm³/mol. The number of nitrogens with two attached hydrogens (primary N) is 1. The van der Waals surface area contributed by atoms with Gasteiger partial charge in [0.2, 0.25) is 0 Å². The highest BCUT2D eigenvalue weighted by molar-refractivity contribution is 5.36. The van der Waals surface area contributed by atoms with Gasteiger partial charge in [0.25, 0.3) is 0 Å². The topological polar surface area (TPSA) is 61.3 Å². The molecule has 0 spiro atoms. The van der Waals surface area contributed by atoms with E-state index in [0.717, 1.165) is 5.56 Å². The minimum atomic E-state index is -0.356. The van der Waals surface area contributed by atoms with Crippen LogP contribution in [0.1, 0.15) is 30.0 Å². The molecule has 2 N–H and O–H groups in total. The molecule has 2 aromatic rings. The molecule has 0 amide bonds. The van der Waals surface area contributed by atoms with Crippen molar-refractivity contribution in [1.29, 1.82) is 0 Å². The fourth-order valence-electron chi connectivity index (χ4n) is 1.65. The minimum absolute atomic E-state index is 0.223. The van der Waals surface area contributed by atoms with E-state index in [1.165, 1.54) is 12.1 Å². The average Bonchev–Trinajstić information content (AvgIpc) is 2.72. The summed E-state index contributed by atoms with van der Waals surface area (Å²) in [5.74, 6) is 0.789. The highest BCUT2D eigenvalue weighted by Crippen LogP contribution is 2.25. The molecule has 0 bridgehead atoms. The maximum Gasteiger partial charge on any atom is 0.134 e. The number of ether oxygens (including phenoxy) is 1. The molecule has 0 unspecified atom stereocenters. The van der Waals surface area contributed by atoms with Crippen molar-refractivity contribution in [3.63, 3.8) is 0 Å². The Balaban J connectivity index is 2.15. The predicted octanol–water partition coefficient (Wildman–Crippen LogP) is 2.72. The molecule has 0 saturated heterocycles. The summed E-state index contributed by atoms with van der Waals surface area (Å²) in [6, 6.07) is 5.87. The second-order valence-corrected chi connectivity index (χ2v) is 4.19. The van der Waals surface area contributed by atoms with Crippen molar-refractivity contribution in [2.75, 3.05) is 0 Å². The zero-order valence-electron chi connectivity index (χ0n) is 10.3. The van der Waals surface area contributed by atoms with E-state index in [2.05, 4.69) is 5.16 Å². The summed E-state index contributed by atoms with van der Waals surface area (Å²) in [4.78, 5) is 0. The Morgan fingerprint density at radius 1 is 1.44 bits per heavy atom. The van der Waals surface area contributed by atoms with Gasteiger partial charge in [0.05, 0.1) is 0 Å². The zero-order valence-corrected chi connectivity index (χ0v) is 10.3. The molecule has 0 radical (unpaired) electrons. The van der Waals surface area contributed by atoms with Crippen LogP contribution >= 0.6 is 0 Å². The summed E-state index contributed by atoms with van der Waals surface area (Å²) in [5, 5.41) is 3.80. The van der Waals surface area contributed by atoms with Gasteiger partial charge in [-0.2, -0.15) is 0 Å². The third kappa shape index (κ3) is 2.87. The van der Waals surface area contributed by atoms with E-state index in [1.807, 2.05) is 6.92 Å². The van der Waals surface area contributed by atoms with Gasteiger partial charge in [0.15, 0.2) is 0 Å². The number of hydrogen-bond acceptors (Lipinski definition) is 4. The highest BCUT2D eigenvalue weighted by atomic mass is 19.1. The average molecular weight is 250 g/mol. The molecule has 0 aliphatic rings. The first-order valence-corrected chi connectivity index (χ1v) is 5.66. The maximum atomic E-state index is 13.2. The molecule has 1 aromatic heterocycles. The largest absolute Gasteiger partial charge is 0.487 e. The fraction of sp³-hybridized carbons (Fsp3) is 0.308. The van der Waals surface area contributed by atoms with Crippen LogP contribution in [0.2, 0.25) is 0 Å². The maximum absolute atomic E-state index is 13.2. The third-order valence-corrected chi connectivity index (χ3v) is 2.52. The number of hydrogen-bond donors (Lipinski definition) is 1. The van der Waals surface area contributed by atoms with Crippen molar-refractivity contribution in [3.05, 3.63) is 47.1 Å². The van der Waals surface area contributed by atoms with Crippen molar-refractivity contribution in [1.82, 2.24) is 5.16 Å². The summed E-state index contributed by atoms with van der Waals surface area (Å²) in [6.07, 6.45) is 0. The van der Waals surface area contributed by atoms with Gasteiger partial charge in [-0.05, 0) is 19.9 Å². The smallest absolute Gasteiger partial charge is 0.134 e. The first kappa shape index (κ1) is 12.6. The third-order valence-electron chi connectivity index (χ3n) is 2.52. The molecule has 0 aliphatic heterocycles. The van der Waals surface area contributed by atoms with E-state index >= 15 is 0 Å². The first-order valence-electron chi connectivity index (χ1n) is 5.66. The second kappa shape index (κ2) is 5.18. The Morgan fingerprint density at radius 2 is 2.22 bits per heavy atom. The molecule has 0 saturated carbocycles. The van der Waals surface area contributed by atoms with Crippen LogP contribution in [0.25, 0.3) is 0 Å². The number of halogens is 1. The lowest BCUT2D eigenvalue weighted by atomic mass is 10.1. The van der Waals surface area contributed by atoms with E-state index in [1.54, 1.807) is 19.1 Å². The molecular formula is C13H15FN2O2. The van der Waals surface area contributed by atoms with Crippen LogP contribution in [0.3, 0.4) is 0 Å². The molecule has 18 heavy (non-hydrogen) atoms. The molecule has 96 valence electrons. The summed E-state index contributed by atoms with van der Waals surface area (Å²) >= 11 is 0. The molecule has 1 heterocycles. The second-order valence-electron chi connectivity index (χ2n) is 4.19. The van der Waals surface area contributed by atoms with Crippen molar-refractivity contribution in [2.24, 2.45) is 5.73 Å². The molecule has 0 aliphatic carbocycles. The molecule has 4 nitrogen and oxygen atoms in total. The molecular weight excluding hydrogens is 235 g/mol. The summed E-state index contributed by atoms with van der Waals surface area (Å²) < 4.78 is 23.6. The lowest BCUT2D eigenvalue weighted by molar-refractivity contribution is 0.283. The SMILES string of the molecule is Cc1cc(COc2cc(F)ccc2[C@H](C)N)no1. The van der Waals surface area contributed by atoms with Crippen molar-refractivity contribution < 1.29 is 13.7 Å². The number of benzene rings is 1. The Hall–Kier alpha value is -1.88. The van der Waals surface area contributed by atoms with Crippen LogP contribution in [0.15, 0.2) is 28.8 Å². The van der Waals surface area contributed by atoms with Crippen LogP contribution in [0.4, 0.5) is 4.39 Å². The van der Waals surface area contributed by atoms with Crippen LogP contribution < -0.4 is 10.5 Å². The molecule has 5 heteroatoms. The van der Waals surface area contributed by atoms with Crippen LogP contribution in [-0.2, 0) is 6.61 Å². The van der Waals surface area contributed by atoms with Gasteiger partial charge in [-0.1, -0.05) is 11.2 Å². The quantitative estimate of drug-likeness (QED) is 0.906. The Labute approximate surface area is 105 Å². The zero-order chi connectivity index (χ0) is 13.1. The number of aromatic nitrogens is 1. The van der Waals surface area contributed by atoms with Gasteiger partial charge in [-0.15, -0.1) is 0 Å². The van der Waals surface area contributed by atoms with Crippen molar-refractivity contribution in [3.8, 4) is 5.75 Å². The lowest BCUT2D eigenvalue weighted by Crippen LogP contribution is -2.08. The molecule has 0 fully saturated rings. The highest BCUT2D eigenvalue weighted by Gasteiger charge is 2.10. The first-order chi connectivity index (χ1) is 8.56. The number of rotatable bonds is 4. The van der Waals surface area contributed by atoms with Gasteiger partial charge in [0, 0.05) is 23.7 Å². The monoisotopic (exact) mass is 250 g/mol. The van der Waals surface area contributed by atoms with E-state index in [4.69, 9.17) is 15.0 Å². The van der Waals surface area contributed by atoms with E-state index < -0.39 is 0 Å². The summed E-state index contributed by atoms with van der Waals surface area (Å²) in [6.45, 7) is 3.84. The van der Waals surface area contributed by atoms with Gasteiger partial charge in [-0.3, -0.25) is 0 Å². The van der Waals surface area contributed by atoms with Gasteiger partial charge < -0.3 is 15.0 Å². The van der Waals surface area contributed by atoms with E-state index in [9.17, 15) is 4.39 Å². The summed E-state index contributed by atoms with van der Waals surface area (Å²) in [7, 11) is 0. The normalized spacial score (nSPS) is 12.4. The standard InChI is InChI=1S/C13H15FN2O2/c1-8-5-11(16-18-8)7-17-13-6-10(14)3-4-12(13)9(2)15/h3-6,9H,7,15H2,1-2H3/t9-/m0/s1. The minimum Gasteiger partial charge on any atom is -0.487 e. The molecule has 2 rings (SSSR count). The van der Waals surface area contributed by atoms with Crippen LogP contribution in [0.5, 0.6) is 5.75 Å². The Kier molecular flexibility index (Phi) is 3.62. The molecule has 1 aromatic carbocycles. The van der Waals surface area contributed by atoms with Gasteiger partial charge >= 0.3 is 0 Å². The summed E-state index contributed by atoms with van der Waals surface area (Å²) in [5.41, 5.74) is 7.22. The Bertz CT molecular complexity index is 538. The van der Waals surface area contributed by atoms with Crippen LogP contribution in [0, 0.1) is 12.7 Å². The van der Waals surface area contributed by atoms with Gasteiger partial charge in [0.1, 0.15) is 29.6 Å². The van der Waals surface area contributed by atoms with E-state index in [-0.39, 0.29) is 18.5 Å². The lowest BCUT2D eigenvalue weighted by Gasteiger charge is -2.13. The number of aryl methyl sites for hydroxylation is 1. The fourth-order valence-corrected chi connectivity index (χ4v) is 1.65. The molecule has 1 atom stereocenters. The number of nitrogens with zero attached hydrogens (tertiary/aromatic N) is 1. The Morgan fingerprint density at radius 3 is 2.83 bits per heavy atom. The van der Waals surface area contributed by atoms with E-state index in [0.29, 0.717) is 17.2 Å². The van der Waals surface area contributed by atoms with Gasteiger partial charge in [-0.25, -0.2) is 4.39 Å². The van der Waals surface area contributed by atoms with Crippen LogP contribution in [-0.4, -0.2) is 5.16 Å². The van der Waals surface area contributed by atoms with Crippen molar-refractivity contribution in [2.45, 2.75) is 26.5 Å².